The number of carbonyl (C=O) groups excluding carboxylic acids is 1. The van der Waals surface area contributed by atoms with Crippen molar-refractivity contribution in [1.29, 1.82) is 0 Å². The van der Waals surface area contributed by atoms with Gasteiger partial charge in [-0.2, -0.15) is 0 Å². The van der Waals surface area contributed by atoms with E-state index in [1.54, 1.807) is 26.3 Å². The largest absolute Gasteiger partial charge is 0.495 e. The van der Waals surface area contributed by atoms with E-state index in [-0.39, 0.29) is 5.91 Å². The summed E-state index contributed by atoms with van der Waals surface area (Å²) in [7, 11) is 3.16. The summed E-state index contributed by atoms with van der Waals surface area (Å²) in [5, 5.41) is 2.65. The lowest BCUT2D eigenvalue weighted by atomic mass is 9.95. The van der Waals surface area contributed by atoms with Gasteiger partial charge < -0.3 is 24.3 Å². The average molecular weight is 496 g/mol. The fourth-order valence-electron chi connectivity index (χ4n) is 4.74. The molecule has 6 nitrogen and oxygen atoms in total. The Balaban J connectivity index is 1.65. The lowest BCUT2D eigenvalue weighted by Crippen LogP contribution is -2.23. The highest BCUT2D eigenvalue weighted by Crippen LogP contribution is 2.39. The number of aryl methyl sites for hydroxylation is 1. The first-order valence-electron chi connectivity index (χ1n) is 13.2. The van der Waals surface area contributed by atoms with Crippen LogP contribution in [0.5, 0.6) is 23.0 Å². The summed E-state index contributed by atoms with van der Waals surface area (Å²) in [6, 6.07) is 7.80. The molecule has 0 spiro atoms. The van der Waals surface area contributed by atoms with E-state index < -0.39 is 0 Å². The van der Waals surface area contributed by atoms with E-state index in [1.807, 2.05) is 6.07 Å². The predicted molar refractivity (Wildman–Crippen MR) is 144 cm³/mol. The van der Waals surface area contributed by atoms with Gasteiger partial charge in [0.2, 0.25) is 0 Å². The number of carbonyl (C=O) groups is 1. The molecule has 0 radical (unpaired) electrons. The molecular weight excluding hydrogens is 454 g/mol. The number of methoxy groups -OCH3 is 1. The van der Waals surface area contributed by atoms with Gasteiger partial charge in [0.05, 0.1) is 32.0 Å². The zero-order valence-corrected chi connectivity index (χ0v) is 22.3. The van der Waals surface area contributed by atoms with Gasteiger partial charge in [-0.1, -0.05) is 38.8 Å². The van der Waals surface area contributed by atoms with Crippen molar-refractivity contribution in [3.63, 3.8) is 0 Å². The summed E-state index contributed by atoms with van der Waals surface area (Å²) in [6.07, 6.45) is 9.70. The van der Waals surface area contributed by atoms with Gasteiger partial charge in [0.15, 0.2) is 0 Å². The Kier molecular flexibility index (Phi) is 10.5. The molecule has 2 aromatic carbocycles. The summed E-state index contributed by atoms with van der Waals surface area (Å²) in [5.41, 5.74) is 3.78. The Morgan fingerprint density at radius 3 is 2.47 bits per heavy atom. The SMILES string of the molecule is C=CCc1c(OCCCOc2ccc3c(c2CCC)OC(CCC)CC3)ccc(C(=O)NC)c1OC. The van der Waals surface area contributed by atoms with Crippen LogP contribution in [0.15, 0.2) is 36.9 Å². The average Bonchev–Trinajstić information content (AvgIpc) is 2.89. The molecule has 1 aliphatic heterocycles. The van der Waals surface area contributed by atoms with E-state index in [4.69, 9.17) is 18.9 Å². The first kappa shape index (κ1) is 27.4. The molecule has 1 N–H and O–H groups in total. The molecule has 2 aromatic rings. The number of hydrogen-bond donors (Lipinski definition) is 1. The summed E-state index contributed by atoms with van der Waals surface area (Å²) >= 11 is 0. The van der Waals surface area contributed by atoms with Crippen molar-refractivity contribution >= 4 is 5.91 Å². The molecule has 196 valence electrons. The van der Waals surface area contributed by atoms with Crippen LogP contribution in [0.4, 0.5) is 0 Å². The number of rotatable bonds is 14. The molecule has 0 saturated heterocycles. The number of hydrogen-bond acceptors (Lipinski definition) is 5. The Morgan fingerprint density at radius 1 is 1.11 bits per heavy atom. The Labute approximate surface area is 216 Å². The molecule has 0 aliphatic carbocycles. The van der Waals surface area contributed by atoms with Gasteiger partial charge >= 0.3 is 0 Å². The molecule has 1 unspecified atom stereocenters. The second-order valence-corrected chi connectivity index (χ2v) is 9.09. The molecule has 1 heterocycles. The van der Waals surface area contributed by atoms with Crippen LogP contribution in [0, 0.1) is 0 Å². The van der Waals surface area contributed by atoms with Crippen LogP contribution in [-0.2, 0) is 19.3 Å². The Hall–Kier alpha value is -3.15. The topological polar surface area (TPSA) is 66.0 Å². The van der Waals surface area contributed by atoms with Crippen LogP contribution < -0.4 is 24.3 Å². The number of amides is 1. The highest BCUT2D eigenvalue weighted by molar-refractivity contribution is 5.97. The molecule has 3 rings (SSSR count). The van der Waals surface area contributed by atoms with Gasteiger partial charge in [-0.05, 0) is 55.9 Å². The predicted octanol–water partition coefficient (Wildman–Crippen LogP) is 6.08. The third-order valence-corrected chi connectivity index (χ3v) is 6.48. The van der Waals surface area contributed by atoms with Gasteiger partial charge in [0, 0.05) is 24.6 Å². The minimum atomic E-state index is -0.199. The molecule has 0 fully saturated rings. The molecule has 1 aliphatic rings. The van der Waals surface area contributed by atoms with Crippen molar-refractivity contribution in [1.82, 2.24) is 5.32 Å². The molecule has 0 aromatic heterocycles. The minimum absolute atomic E-state index is 0.199. The molecule has 36 heavy (non-hydrogen) atoms. The van der Waals surface area contributed by atoms with Crippen molar-refractivity contribution in [3.8, 4) is 23.0 Å². The van der Waals surface area contributed by atoms with Crippen molar-refractivity contribution in [2.75, 3.05) is 27.4 Å². The number of allylic oxidation sites excluding steroid dienone is 1. The van der Waals surface area contributed by atoms with Crippen molar-refractivity contribution < 1.29 is 23.7 Å². The summed E-state index contributed by atoms with van der Waals surface area (Å²) in [5.74, 6) is 2.97. The van der Waals surface area contributed by atoms with Crippen LogP contribution >= 0.6 is 0 Å². The monoisotopic (exact) mass is 495 g/mol. The van der Waals surface area contributed by atoms with Gasteiger partial charge in [0.25, 0.3) is 5.91 Å². The fourth-order valence-corrected chi connectivity index (χ4v) is 4.74. The van der Waals surface area contributed by atoms with Gasteiger partial charge in [-0.3, -0.25) is 4.79 Å². The Bertz CT molecular complexity index is 1030. The van der Waals surface area contributed by atoms with Crippen molar-refractivity contribution in [2.24, 2.45) is 0 Å². The smallest absolute Gasteiger partial charge is 0.254 e. The number of ether oxygens (including phenoxy) is 4. The van der Waals surface area contributed by atoms with E-state index in [0.717, 1.165) is 62.0 Å². The molecule has 1 atom stereocenters. The molecule has 1 amide bonds. The zero-order chi connectivity index (χ0) is 25.9. The maximum absolute atomic E-state index is 12.2. The van der Waals surface area contributed by atoms with Gasteiger partial charge in [0.1, 0.15) is 23.0 Å². The lowest BCUT2D eigenvalue weighted by Gasteiger charge is -2.29. The molecule has 6 heteroatoms. The van der Waals surface area contributed by atoms with E-state index in [0.29, 0.717) is 42.8 Å². The molecule has 0 saturated carbocycles. The van der Waals surface area contributed by atoms with Crippen molar-refractivity contribution in [2.45, 2.75) is 71.3 Å². The van der Waals surface area contributed by atoms with Crippen LogP contribution in [0.25, 0.3) is 0 Å². The standard InChI is InChI=1S/C30H41NO5/c1-6-10-22-15-13-21-14-17-26(23(11-7-2)28(21)36-22)34-19-9-20-35-27-18-16-25(30(32)31-4)29(33-5)24(27)12-8-3/h8,14,16-18,22H,3,6-7,9-13,15,19-20H2,1-2,4-5H3,(H,31,32). The third-order valence-electron chi connectivity index (χ3n) is 6.48. The van der Waals surface area contributed by atoms with E-state index >= 15 is 0 Å². The third kappa shape index (κ3) is 6.54. The zero-order valence-electron chi connectivity index (χ0n) is 22.3. The maximum Gasteiger partial charge on any atom is 0.254 e. The number of nitrogens with one attached hydrogen (secondary N) is 1. The van der Waals surface area contributed by atoms with Gasteiger partial charge in [-0.15, -0.1) is 6.58 Å². The summed E-state index contributed by atoms with van der Waals surface area (Å²) < 4.78 is 24.3. The normalized spacial score (nSPS) is 14.4. The van der Waals surface area contributed by atoms with Crippen LogP contribution in [-0.4, -0.2) is 39.4 Å². The number of benzene rings is 2. The first-order chi connectivity index (χ1) is 17.6. The molecular formula is C30H41NO5. The second-order valence-electron chi connectivity index (χ2n) is 9.09. The summed E-state index contributed by atoms with van der Waals surface area (Å²) in [4.78, 5) is 12.2. The van der Waals surface area contributed by atoms with Crippen LogP contribution in [0.2, 0.25) is 0 Å². The number of fused-ring (bicyclic) bond motifs is 1. The Morgan fingerprint density at radius 2 is 1.83 bits per heavy atom. The quantitative estimate of drug-likeness (QED) is 0.254. The summed E-state index contributed by atoms with van der Waals surface area (Å²) in [6.45, 7) is 9.26. The fraction of sp³-hybridized carbons (Fsp3) is 0.500. The van der Waals surface area contributed by atoms with E-state index in [1.165, 1.54) is 11.1 Å². The molecule has 0 bridgehead atoms. The van der Waals surface area contributed by atoms with Crippen LogP contribution in [0.1, 0.15) is 73.0 Å². The van der Waals surface area contributed by atoms with Crippen molar-refractivity contribution in [3.05, 3.63) is 59.2 Å². The first-order valence-corrected chi connectivity index (χ1v) is 13.2. The second kappa shape index (κ2) is 13.8. The highest BCUT2D eigenvalue weighted by Gasteiger charge is 2.24. The minimum Gasteiger partial charge on any atom is -0.495 e. The van der Waals surface area contributed by atoms with Gasteiger partial charge in [-0.25, -0.2) is 0 Å². The van der Waals surface area contributed by atoms with E-state index in [2.05, 4.69) is 37.9 Å². The highest BCUT2D eigenvalue weighted by atomic mass is 16.5. The lowest BCUT2D eigenvalue weighted by molar-refractivity contribution is 0.0960. The van der Waals surface area contributed by atoms with Crippen LogP contribution in [0.3, 0.4) is 0 Å². The van der Waals surface area contributed by atoms with E-state index in [9.17, 15) is 4.79 Å². The maximum atomic E-state index is 12.2.